The molecular weight excluding hydrogens is 320 g/mol. The van der Waals surface area contributed by atoms with Crippen LogP contribution in [0, 0.1) is 0 Å². The highest BCUT2D eigenvalue weighted by Crippen LogP contribution is 2.39. The molecule has 1 aromatic carbocycles. The zero-order valence-corrected chi connectivity index (χ0v) is 12.4. The highest BCUT2D eigenvalue weighted by atomic mass is 79.9. The topological polar surface area (TPSA) is 20.2 Å². The Labute approximate surface area is 118 Å². The molecule has 2 unspecified atom stereocenters. The van der Waals surface area contributed by atoms with Crippen LogP contribution in [-0.4, -0.2) is 5.11 Å². The summed E-state index contributed by atoms with van der Waals surface area (Å²) in [6.45, 7) is 2.02. The molecule has 17 heavy (non-hydrogen) atoms. The van der Waals surface area contributed by atoms with Gasteiger partial charge in [0.25, 0.3) is 0 Å². The van der Waals surface area contributed by atoms with Crippen molar-refractivity contribution in [3.8, 4) is 0 Å². The Morgan fingerprint density at radius 1 is 1.29 bits per heavy atom. The largest absolute Gasteiger partial charge is 0.387 e. The van der Waals surface area contributed by atoms with E-state index in [-0.39, 0.29) is 5.92 Å². The van der Waals surface area contributed by atoms with Gasteiger partial charge in [-0.05, 0) is 27.6 Å². The van der Waals surface area contributed by atoms with Crippen molar-refractivity contribution in [2.24, 2.45) is 0 Å². The van der Waals surface area contributed by atoms with Crippen molar-refractivity contribution in [3.05, 3.63) is 55.6 Å². The summed E-state index contributed by atoms with van der Waals surface area (Å²) >= 11 is 10.8. The van der Waals surface area contributed by atoms with Gasteiger partial charge in [-0.3, -0.25) is 0 Å². The van der Waals surface area contributed by atoms with Crippen molar-refractivity contribution < 1.29 is 5.11 Å². The molecule has 2 atom stereocenters. The summed E-state index contributed by atoms with van der Waals surface area (Å²) in [5.74, 6) is 0.0535. The van der Waals surface area contributed by atoms with Crippen LogP contribution in [0.2, 0.25) is 4.34 Å². The fraction of sp³-hybridized carbons (Fsp3) is 0.231. The molecule has 90 valence electrons. The zero-order chi connectivity index (χ0) is 12.4. The molecule has 2 aromatic rings. The SMILES string of the molecule is CC(c1ccccc1)C(O)c1cc(Br)c(Cl)s1. The molecule has 1 N–H and O–H groups in total. The van der Waals surface area contributed by atoms with Crippen LogP contribution in [0.5, 0.6) is 0 Å². The van der Waals surface area contributed by atoms with E-state index in [1.54, 1.807) is 0 Å². The monoisotopic (exact) mass is 330 g/mol. The molecule has 1 aromatic heterocycles. The third-order valence-electron chi connectivity index (χ3n) is 2.75. The van der Waals surface area contributed by atoms with E-state index in [2.05, 4.69) is 15.9 Å². The number of hydrogen-bond acceptors (Lipinski definition) is 2. The first kappa shape index (κ1) is 13.1. The van der Waals surface area contributed by atoms with Crippen molar-refractivity contribution in [3.63, 3.8) is 0 Å². The molecule has 0 aliphatic heterocycles. The summed E-state index contributed by atoms with van der Waals surface area (Å²) in [7, 11) is 0. The van der Waals surface area contributed by atoms with Gasteiger partial charge in [-0.15, -0.1) is 11.3 Å². The van der Waals surface area contributed by atoms with Crippen LogP contribution >= 0.6 is 38.9 Å². The number of rotatable bonds is 3. The molecule has 0 spiro atoms. The van der Waals surface area contributed by atoms with Crippen LogP contribution < -0.4 is 0 Å². The predicted molar refractivity (Wildman–Crippen MR) is 76.8 cm³/mol. The van der Waals surface area contributed by atoms with Crippen LogP contribution in [0.25, 0.3) is 0 Å². The summed E-state index contributed by atoms with van der Waals surface area (Å²) in [6.07, 6.45) is -0.522. The lowest BCUT2D eigenvalue weighted by atomic mass is 9.94. The standard InChI is InChI=1S/C13H12BrClOS/c1-8(9-5-3-2-4-6-9)12(16)11-7-10(14)13(15)17-11/h2-8,12,16H,1H3. The number of aliphatic hydroxyl groups is 1. The van der Waals surface area contributed by atoms with Gasteiger partial charge in [-0.25, -0.2) is 0 Å². The number of hydrogen-bond donors (Lipinski definition) is 1. The first-order valence-corrected chi connectivity index (χ1v) is 7.26. The predicted octanol–water partition coefficient (Wildman–Crippen LogP) is 5.00. The second-order valence-corrected chi connectivity index (χ2v) is 6.45. The lowest BCUT2D eigenvalue weighted by Crippen LogP contribution is -2.05. The first-order chi connectivity index (χ1) is 8.09. The highest BCUT2D eigenvalue weighted by Gasteiger charge is 2.20. The molecule has 0 aliphatic carbocycles. The molecule has 0 aliphatic rings. The molecule has 4 heteroatoms. The van der Waals surface area contributed by atoms with Crippen molar-refractivity contribution in [2.75, 3.05) is 0 Å². The fourth-order valence-corrected chi connectivity index (χ4v) is 3.52. The number of halogens is 2. The van der Waals surface area contributed by atoms with E-state index in [4.69, 9.17) is 11.6 Å². The molecule has 0 fully saturated rings. The van der Waals surface area contributed by atoms with Crippen LogP contribution in [0.15, 0.2) is 40.9 Å². The summed E-state index contributed by atoms with van der Waals surface area (Å²) in [6, 6.07) is 11.9. The van der Waals surface area contributed by atoms with Crippen LogP contribution in [0.1, 0.15) is 29.4 Å². The molecule has 1 nitrogen and oxygen atoms in total. The Hall–Kier alpha value is -0.350. The van der Waals surface area contributed by atoms with E-state index >= 15 is 0 Å². The van der Waals surface area contributed by atoms with E-state index in [0.717, 1.165) is 14.9 Å². The Morgan fingerprint density at radius 2 is 1.94 bits per heavy atom. The molecule has 0 saturated carbocycles. The average Bonchev–Trinajstić information content (AvgIpc) is 2.69. The Balaban J connectivity index is 2.23. The first-order valence-electron chi connectivity index (χ1n) is 5.27. The number of benzene rings is 1. The second kappa shape index (κ2) is 5.53. The van der Waals surface area contributed by atoms with Gasteiger partial charge >= 0.3 is 0 Å². The molecule has 0 bridgehead atoms. The maximum absolute atomic E-state index is 10.3. The van der Waals surface area contributed by atoms with Gasteiger partial charge < -0.3 is 5.11 Å². The van der Waals surface area contributed by atoms with Crippen LogP contribution in [0.3, 0.4) is 0 Å². The van der Waals surface area contributed by atoms with Gasteiger partial charge in [0.1, 0.15) is 4.34 Å². The molecule has 0 saturated heterocycles. The molecule has 1 heterocycles. The van der Waals surface area contributed by atoms with Crippen molar-refractivity contribution in [1.29, 1.82) is 0 Å². The minimum atomic E-state index is -0.522. The quantitative estimate of drug-likeness (QED) is 0.839. The van der Waals surface area contributed by atoms with E-state index in [1.807, 2.05) is 43.3 Å². The Morgan fingerprint density at radius 3 is 2.47 bits per heavy atom. The number of aliphatic hydroxyl groups excluding tert-OH is 1. The maximum atomic E-state index is 10.3. The van der Waals surface area contributed by atoms with E-state index in [9.17, 15) is 5.11 Å². The average molecular weight is 332 g/mol. The summed E-state index contributed by atoms with van der Waals surface area (Å²) in [4.78, 5) is 0.887. The van der Waals surface area contributed by atoms with Gasteiger partial charge in [-0.1, -0.05) is 48.9 Å². The van der Waals surface area contributed by atoms with Gasteiger partial charge in [-0.2, -0.15) is 0 Å². The number of thiophene rings is 1. The fourth-order valence-electron chi connectivity index (χ4n) is 1.69. The van der Waals surface area contributed by atoms with Crippen molar-refractivity contribution in [2.45, 2.75) is 18.9 Å². The van der Waals surface area contributed by atoms with Gasteiger partial charge in [0.15, 0.2) is 0 Å². The lowest BCUT2D eigenvalue weighted by Gasteiger charge is -2.17. The Bertz CT molecular complexity index is 478. The molecular formula is C13H12BrClOS. The van der Waals surface area contributed by atoms with Gasteiger partial charge in [0.2, 0.25) is 0 Å². The van der Waals surface area contributed by atoms with E-state index in [1.165, 1.54) is 11.3 Å². The summed E-state index contributed by atoms with van der Waals surface area (Å²) in [5.41, 5.74) is 1.13. The maximum Gasteiger partial charge on any atom is 0.107 e. The van der Waals surface area contributed by atoms with Gasteiger partial charge in [0, 0.05) is 15.3 Å². The third kappa shape index (κ3) is 2.91. The highest BCUT2D eigenvalue weighted by molar-refractivity contribution is 9.10. The summed E-state index contributed by atoms with van der Waals surface area (Å²) in [5, 5.41) is 10.3. The smallest absolute Gasteiger partial charge is 0.107 e. The molecule has 0 radical (unpaired) electrons. The molecule has 2 rings (SSSR count). The van der Waals surface area contributed by atoms with Crippen LogP contribution in [0.4, 0.5) is 0 Å². The Kier molecular flexibility index (Phi) is 4.26. The second-order valence-electron chi connectivity index (χ2n) is 3.91. The third-order valence-corrected chi connectivity index (χ3v) is 5.30. The van der Waals surface area contributed by atoms with Gasteiger partial charge in [0.05, 0.1) is 6.10 Å². The van der Waals surface area contributed by atoms with E-state index < -0.39 is 6.10 Å². The summed E-state index contributed by atoms with van der Waals surface area (Å²) < 4.78 is 1.53. The van der Waals surface area contributed by atoms with Crippen molar-refractivity contribution in [1.82, 2.24) is 0 Å². The lowest BCUT2D eigenvalue weighted by molar-refractivity contribution is 0.155. The van der Waals surface area contributed by atoms with Crippen molar-refractivity contribution >= 4 is 38.9 Å². The molecule has 0 amide bonds. The minimum Gasteiger partial charge on any atom is -0.387 e. The minimum absolute atomic E-state index is 0.0535. The van der Waals surface area contributed by atoms with Crippen LogP contribution in [-0.2, 0) is 0 Å². The van der Waals surface area contributed by atoms with E-state index in [0.29, 0.717) is 4.34 Å². The zero-order valence-electron chi connectivity index (χ0n) is 9.23. The normalized spacial score (nSPS) is 14.6.